The maximum absolute atomic E-state index is 12.0. The molecule has 2 aromatic heterocycles. The molecule has 0 aliphatic rings. The number of ether oxygens (including phenoxy) is 1. The number of thiophene rings is 1. The number of aliphatic imine (C=N–C) groups is 1. The number of isothiocyanates is 1. The highest BCUT2D eigenvalue weighted by atomic mass is 32.1. The number of carbonyl (C=O) groups excluding carboxylic acids is 2. The molecule has 6 nitrogen and oxygen atoms in total. The number of hydrogen-bond acceptors (Lipinski definition) is 7. The Bertz CT molecular complexity index is 743. The minimum Gasteiger partial charge on any atom is -0.462 e. The van der Waals surface area contributed by atoms with Crippen molar-refractivity contribution in [1.82, 2.24) is 0 Å². The molecule has 0 unspecified atom stereocenters. The number of nitrogens with one attached hydrogen (secondary N) is 1. The van der Waals surface area contributed by atoms with E-state index in [0.29, 0.717) is 21.1 Å². The van der Waals surface area contributed by atoms with Crippen LogP contribution in [-0.2, 0) is 4.74 Å². The molecule has 0 saturated heterocycles. The Morgan fingerprint density at radius 3 is 2.91 bits per heavy atom. The maximum Gasteiger partial charge on any atom is 0.348 e. The maximum atomic E-state index is 12.0. The molecule has 22 heavy (non-hydrogen) atoms. The summed E-state index contributed by atoms with van der Waals surface area (Å²) < 4.78 is 10.0. The van der Waals surface area contributed by atoms with Gasteiger partial charge in [-0.25, -0.2) is 4.79 Å². The summed E-state index contributed by atoms with van der Waals surface area (Å²) in [6, 6.07) is 3.14. The van der Waals surface area contributed by atoms with Crippen molar-refractivity contribution in [3.8, 4) is 0 Å². The Labute approximate surface area is 135 Å². The molecule has 8 heteroatoms. The summed E-state index contributed by atoms with van der Waals surface area (Å²) in [6.45, 7) is 3.68. The number of amides is 1. The molecular formula is C14H12N2O4S2. The summed E-state index contributed by atoms with van der Waals surface area (Å²) in [5.74, 6) is -0.757. The number of hydrogen-bond donors (Lipinski definition) is 1. The zero-order chi connectivity index (χ0) is 16.1. The van der Waals surface area contributed by atoms with Gasteiger partial charge in [-0.05, 0) is 38.2 Å². The van der Waals surface area contributed by atoms with Gasteiger partial charge in [0.05, 0.1) is 18.0 Å². The highest BCUT2D eigenvalue weighted by Crippen LogP contribution is 2.40. The molecule has 0 aliphatic carbocycles. The largest absolute Gasteiger partial charge is 0.462 e. The molecule has 0 aromatic carbocycles. The molecule has 2 heterocycles. The number of furan rings is 1. The van der Waals surface area contributed by atoms with E-state index in [9.17, 15) is 9.59 Å². The van der Waals surface area contributed by atoms with Crippen LogP contribution in [0.1, 0.15) is 32.7 Å². The molecule has 0 bridgehead atoms. The van der Waals surface area contributed by atoms with E-state index >= 15 is 0 Å². The van der Waals surface area contributed by atoms with Crippen molar-refractivity contribution < 1.29 is 18.7 Å². The number of thiocarbonyl (C=S) groups is 1. The van der Waals surface area contributed by atoms with E-state index in [4.69, 9.17) is 9.15 Å². The summed E-state index contributed by atoms with van der Waals surface area (Å²) in [6.07, 6.45) is 1.40. The van der Waals surface area contributed by atoms with Gasteiger partial charge in [-0.15, -0.1) is 11.3 Å². The topological polar surface area (TPSA) is 80.9 Å². The van der Waals surface area contributed by atoms with Gasteiger partial charge in [-0.3, -0.25) is 4.79 Å². The first-order valence-electron chi connectivity index (χ1n) is 6.31. The van der Waals surface area contributed by atoms with Crippen LogP contribution in [-0.4, -0.2) is 23.6 Å². The quantitative estimate of drug-likeness (QED) is 0.510. The predicted molar refractivity (Wildman–Crippen MR) is 86.4 cm³/mol. The van der Waals surface area contributed by atoms with Gasteiger partial charge in [0.1, 0.15) is 15.6 Å². The van der Waals surface area contributed by atoms with Crippen molar-refractivity contribution in [3.05, 3.63) is 34.6 Å². The average Bonchev–Trinajstić information content (AvgIpc) is 3.11. The summed E-state index contributed by atoms with van der Waals surface area (Å²) in [4.78, 5) is 28.3. The molecule has 114 valence electrons. The van der Waals surface area contributed by atoms with Crippen LogP contribution in [0, 0.1) is 6.92 Å². The monoisotopic (exact) mass is 336 g/mol. The Balaban J connectivity index is 2.37. The molecule has 0 atom stereocenters. The highest BCUT2D eigenvalue weighted by Gasteiger charge is 2.23. The molecule has 0 radical (unpaired) electrons. The van der Waals surface area contributed by atoms with E-state index in [1.54, 1.807) is 19.9 Å². The van der Waals surface area contributed by atoms with Gasteiger partial charge < -0.3 is 14.5 Å². The van der Waals surface area contributed by atoms with Crippen molar-refractivity contribution in [3.63, 3.8) is 0 Å². The Hall–Kier alpha value is -2.28. The van der Waals surface area contributed by atoms with Crippen LogP contribution < -0.4 is 5.32 Å². The van der Waals surface area contributed by atoms with Crippen LogP contribution >= 0.6 is 23.6 Å². The first-order chi connectivity index (χ1) is 10.6. The first-order valence-corrected chi connectivity index (χ1v) is 7.54. The second-order valence-electron chi connectivity index (χ2n) is 4.09. The fourth-order valence-electron chi connectivity index (χ4n) is 1.73. The number of nitrogens with zero attached hydrogens (tertiary/aromatic N) is 1. The fraction of sp³-hybridized carbons (Fsp3) is 0.214. The van der Waals surface area contributed by atoms with Gasteiger partial charge >= 0.3 is 5.97 Å². The lowest BCUT2D eigenvalue weighted by atomic mass is 10.2. The predicted octanol–water partition coefficient (Wildman–Crippen LogP) is 3.81. The summed E-state index contributed by atoms with van der Waals surface area (Å²) >= 11 is 5.68. The number of carbonyl (C=O) groups is 2. The molecule has 0 fully saturated rings. The molecular weight excluding hydrogens is 324 g/mol. The number of esters is 1. The van der Waals surface area contributed by atoms with Crippen molar-refractivity contribution in [2.24, 2.45) is 4.99 Å². The lowest BCUT2D eigenvalue weighted by Gasteiger charge is -2.00. The van der Waals surface area contributed by atoms with Crippen LogP contribution in [0.2, 0.25) is 0 Å². The molecule has 0 saturated carbocycles. The van der Waals surface area contributed by atoms with Gasteiger partial charge in [0.15, 0.2) is 5.76 Å². The van der Waals surface area contributed by atoms with Crippen LogP contribution in [0.4, 0.5) is 10.7 Å². The van der Waals surface area contributed by atoms with Gasteiger partial charge in [-0.1, -0.05) is 0 Å². The molecule has 1 N–H and O–H groups in total. The molecule has 2 rings (SSSR count). The second kappa shape index (κ2) is 7.13. The summed E-state index contributed by atoms with van der Waals surface area (Å²) in [5.41, 5.74) is 0.971. The Morgan fingerprint density at radius 2 is 2.32 bits per heavy atom. The van der Waals surface area contributed by atoms with E-state index in [-0.39, 0.29) is 12.4 Å². The van der Waals surface area contributed by atoms with Crippen molar-refractivity contribution in [2.45, 2.75) is 13.8 Å². The lowest BCUT2D eigenvalue weighted by molar-refractivity contribution is 0.0531. The van der Waals surface area contributed by atoms with Crippen LogP contribution in [0.5, 0.6) is 0 Å². The first kappa shape index (κ1) is 16.1. The van der Waals surface area contributed by atoms with Crippen LogP contribution in [0.3, 0.4) is 0 Å². The van der Waals surface area contributed by atoms with E-state index in [0.717, 1.165) is 11.3 Å². The van der Waals surface area contributed by atoms with E-state index in [1.165, 1.54) is 12.3 Å². The molecule has 2 aromatic rings. The van der Waals surface area contributed by atoms with Crippen LogP contribution in [0.15, 0.2) is 27.8 Å². The fourth-order valence-corrected chi connectivity index (χ4v) is 2.86. The van der Waals surface area contributed by atoms with E-state index in [2.05, 4.69) is 27.7 Å². The second-order valence-corrected chi connectivity index (χ2v) is 5.29. The third-order valence-electron chi connectivity index (χ3n) is 2.71. The zero-order valence-electron chi connectivity index (χ0n) is 11.8. The third-order valence-corrected chi connectivity index (χ3v) is 3.97. The standard InChI is InChI=1S/C14H12N2O4S2/c1-3-19-14(18)11-8(2)10(15-7-21)13(22-11)16-12(17)9-5-4-6-20-9/h4-6H,3H2,1-2H3,(H,16,17). The van der Waals surface area contributed by atoms with Crippen molar-refractivity contribution in [1.29, 1.82) is 0 Å². The third kappa shape index (κ3) is 3.30. The van der Waals surface area contributed by atoms with Gasteiger partial charge in [0.25, 0.3) is 5.91 Å². The minimum atomic E-state index is -0.468. The number of rotatable bonds is 5. The van der Waals surface area contributed by atoms with E-state index in [1.807, 2.05) is 0 Å². The average molecular weight is 336 g/mol. The zero-order valence-corrected chi connectivity index (χ0v) is 13.5. The highest BCUT2D eigenvalue weighted by molar-refractivity contribution is 7.78. The molecule has 1 amide bonds. The molecule has 0 spiro atoms. The SMILES string of the molecule is CCOC(=O)c1sc(NC(=O)c2ccco2)c(N=C=S)c1C. The van der Waals surface area contributed by atoms with Gasteiger partial charge in [0.2, 0.25) is 0 Å². The minimum absolute atomic E-state index is 0.154. The van der Waals surface area contributed by atoms with E-state index < -0.39 is 11.9 Å². The Kier molecular flexibility index (Phi) is 5.21. The Morgan fingerprint density at radius 1 is 1.55 bits per heavy atom. The summed E-state index contributed by atoms with van der Waals surface area (Å²) in [5, 5.41) is 5.29. The smallest absolute Gasteiger partial charge is 0.348 e. The summed E-state index contributed by atoms with van der Waals surface area (Å²) in [7, 11) is 0. The molecule has 0 aliphatic heterocycles. The number of anilines is 1. The van der Waals surface area contributed by atoms with Crippen molar-refractivity contribution in [2.75, 3.05) is 11.9 Å². The lowest BCUT2D eigenvalue weighted by Crippen LogP contribution is -2.09. The van der Waals surface area contributed by atoms with Gasteiger partial charge in [0, 0.05) is 5.56 Å². The van der Waals surface area contributed by atoms with Crippen LogP contribution in [0.25, 0.3) is 0 Å². The van der Waals surface area contributed by atoms with Crippen molar-refractivity contribution >= 4 is 51.3 Å². The normalized spacial score (nSPS) is 9.91. The van der Waals surface area contributed by atoms with Gasteiger partial charge in [-0.2, -0.15) is 4.99 Å².